The molecule has 2 rings (SSSR count). The van der Waals surface area contributed by atoms with Crippen molar-refractivity contribution in [2.24, 2.45) is 0 Å². The van der Waals surface area contributed by atoms with Gasteiger partial charge in [0.25, 0.3) is 0 Å². The lowest BCUT2D eigenvalue weighted by Gasteiger charge is -2.08. The Morgan fingerprint density at radius 1 is 0.875 bits per heavy atom. The molecule has 2 nitrogen and oxygen atoms in total. The van der Waals surface area contributed by atoms with E-state index in [2.05, 4.69) is 0 Å². The number of hydrogen-bond acceptors (Lipinski definition) is 3. The molecule has 2 aromatic rings. The maximum atomic E-state index is 9.41. The molecular weight excluding hydrogens is 220 g/mol. The van der Waals surface area contributed by atoms with Gasteiger partial charge in [-0.1, -0.05) is 12.1 Å². The molecule has 0 spiro atoms. The minimum atomic E-state index is 0.258. The van der Waals surface area contributed by atoms with Crippen molar-refractivity contribution in [1.29, 1.82) is 0 Å². The van der Waals surface area contributed by atoms with E-state index in [1.54, 1.807) is 36.0 Å². The number of phenols is 2. The molecule has 0 atom stereocenters. The summed E-state index contributed by atoms with van der Waals surface area (Å²) in [6, 6.07) is 12.3. The van der Waals surface area contributed by atoms with Gasteiger partial charge in [0.1, 0.15) is 11.5 Å². The Hall–Kier alpha value is -1.61. The van der Waals surface area contributed by atoms with Gasteiger partial charge >= 0.3 is 0 Å². The molecule has 0 amide bonds. The SMILES string of the molecule is CSc1cc(O)ccc1-c1ccc(O)cc1. The number of hydrogen-bond donors (Lipinski definition) is 2. The zero-order chi connectivity index (χ0) is 11.5. The van der Waals surface area contributed by atoms with Gasteiger partial charge in [0.05, 0.1) is 0 Å². The summed E-state index contributed by atoms with van der Waals surface area (Å²) >= 11 is 1.59. The van der Waals surface area contributed by atoms with Gasteiger partial charge in [-0.3, -0.25) is 0 Å². The van der Waals surface area contributed by atoms with Crippen LogP contribution in [0.3, 0.4) is 0 Å². The maximum Gasteiger partial charge on any atom is 0.116 e. The van der Waals surface area contributed by atoms with Crippen LogP contribution in [0.5, 0.6) is 11.5 Å². The van der Waals surface area contributed by atoms with Gasteiger partial charge in [-0.2, -0.15) is 0 Å². The van der Waals surface area contributed by atoms with E-state index >= 15 is 0 Å². The van der Waals surface area contributed by atoms with E-state index in [1.165, 1.54) is 0 Å². The van der Waals surface area contributed by atoms with Crippen molar-refractivity contribution >= 4 is 11.8 Å². The minimum absolute atomic E-state index is 0.258. The fourth-order valence-electron chi connectivity index (χ4n) is 1.56. The molecule has 2 N–H and O–H groups in total. The molecule has 0 radical (unpaired) electrons. The molecule has 0 aromatic heterocycles. The highest BCUT2D eigenvalue weighted by atomic mass is 32.2. The van der Waals surface area contributed by atoms with Crippen molar-refractivity contribution in [2.45, 2.75) is 4.90 Å². The molecular formula is C13H12O2S. The van der Waals surface area contributed by atoms with Gasteiger partial charge < -0.3 is 10.2 Å². The van der Waals surface area contributed by atoms with Crippen molar-refractivity contribution in [3.8, 4) is 22.6 Å². The third kappa shape index (κ3) is 2.14. The molecule has 0 saturated carbocycles. The summed E-state index contributed by atoms with van der Waals surface area (Å²) in [5.74, 6) is 0.528. The molecule has 0 unspecified atom stereocenters. The van der Waals surface area contributed by atoms with Gasteiger partial charge in [0.2, 0.25) is 0 Å². The molecule has 0 aliphatic heterocycles. The topological polar surface area (TPSA) is 40.5 Å². The third-order valence-electron chi connectivity index (χ3n) is 2.36. The summed E-state index contributed by atoms with van der Waals surface area (Å²) in [5, 5.41) is 18.6. The normalized spacial score (nSPS) is 10.3. The minimum Gasteiger partial charge on any atom is -0.508 e. The van der Waals surface area contributed by atoms with Crippen molar-refractivity contribution in [2.75, 3.05) is 6.26 Å². The molecule has 82 valence electrons. The average Bonchev–Trinajstić information content (AvgIpc) is 2.30. The lowest BCUT2D eigenvalue weighted by molar-refractivity contribution is 0.473. The number of thioether (sulfide) groups is 1. The second kappa shape index (κ2) is 4.49. The number of benzene rings is 2. The van der Waals surface area contributed by atoms with Crippen LogP contribution in [0, 0.1) is 0 Å². The van der Waals surface area contributed by atoms with Crippen LogP contribution in [0.25, 0.3) is 11.1 Å². The molecule has 0 bridgehead atoms. The van der Waals surface area contributed by atoms with Crippen LogP contribution < -0.4 is 0 Å². The van der Waals surface area contributed by atoms with Crippen LogP contribution in [0.15, 0.2) is 47.4 Å². The summed E-state index contributed by atoms with van der Waals surface area (Å²) in [6.45, 7) is 0. The first-order valence-electron chi connectivity index (χ1n) is 4.87. The summed E-state index contributed by atoms with van der Waals surface area (Å²) in [6.07, 6.45) is 1.97. The quantitative estimate of drug-likeness (QED) is 0.779. The Morgan fingerprint density at radius 2 is 1.50 bits per heavy atom. The second-order valence-electron chi connectivity index (χ2n) is 3.43. The molecule has 0 aliphatic carbocycles. The summed E-state index contributed by atoms with van der Waals surface area (Å²) in [5.41, 5.74) is 2.09. The largest absolute Gasteiger partial charge is 0.508 e. The van der Waals surface area contributed by atoms with Crippen LogP contribution in [0.2, 0.25) is 0 Å². The predicted molar refractivity (Wildman–Crippen MR) is 67.0 cm³/mol. The van der Waals surface area contributed by atoms with Crippen LogP contribution in [-0.4, -0.2) is 16.5 Å². The van der Waals surface area contributed by atoms with E-state index in [0.717, 1.165) is 16.0 Å². The molecule has 0 heterocycles. The summed E-state index contributed by atoms with van der Waals surface area (Å²) in [4.78, 5) is 1.02. The number of aromatic hydroxyl groups is 2. The van der Waals surface area contributed by atoms with Crippen molar-refractivity contribution < 1.29 is 10.2 Å². The monoisotopic (exact) mass is 232 g/mol. The lowest BCUT2D eigenvalue weighted by atomic mass is 10.1. The standard InChI is InChI=1S/C13H12O2S/c1-16-13-8-11(15)6-7-12(13)9-2-4-10(14)5-3-9/h2-8,14-15H,1H3. The molecule has 2 aromatic carbocycles. The van der Waals surface area contributed by atoms with Crippen molar-refractivity contribution in [3.63, 3.8) is 0 Å². The van der Waals surface area contributed by atoms with E-state index in [4.69, 9.17) is 0 Å². The summed E-state index contributed by atoms with van der Waals surface area (Å²) in [7, 11) is 0. The first-order chi connectivity index (χ1) is 7.70. The zero-order valence-electron chi connectivity index (χ0n) is 8.84. The highest BCUT2D eigenvalue weighted by molar-refractivity contribution is 7.98. The third-order valence-corrected chi connectivity index (χ3v) is 3.14. The Labute approximate surface area is 98.6 Å². The number of rotatable bonds is 2. The highest BCUT2D eigenvalue weighted by Gasteiger charge is 2.05. The first-order valence-corrected chi connectivity index (χ1v) is 6.09. The Balaban J connectivity index is 2.51. The van der Waals surface area contributed by atoms with E-state index in [-0.39, 0.29) is 11.5 Å². The van der Waals surface area contributed by atoms with Gasteiger partial charge in [-0.05, 0) is 47.7 Å². The fraction of sp³-hybridized carbons (Fsp3) is 0.0769. The van der Waals surface area contributed by atoms with Crippen molar-refractivity contribution in [3.05, 3.63) is 42.5 Å². The van der Waals surface area contributed by atoms with E-state index in [0.29, 0.717) is 0 Å². The Morgan fingerprint density at radius 3 is 2.12 bits per heavy atom. The first kappa shape index (κ1) is 10.9. The Bertz CT molecular complexity index is 492. The van der Waals surface area contributed by atoms with E-state index < -0.39 is 0 Å². The number of phenolic OH excluding ortho intramolecular Hbond substituents is 2. The smallest absolute Gasteiger partial charge is 0.116 e. The molecule has 16 heavy (non-hydrogen) atoms. The highest BCUT2D eigenvalue weighted by Crippen LogP contribution is 2.33. The average molecular weight is 232 g/mol. The fourth-order valence-corrected chi connectivity index (χ4v) is 2.20. The second-order valence-corrected chi connectivity index (χ2v) is 4.28. The van der Waals surface area contributed by atoms with Gasteiger partial charge in [0.15, 0.2) is 0 Å². The van der Waals surface area contributed by atoms with Crippen LogP contribution in [0.4, 0.5) is 0 Å². The maximum absolute atomic E-state index is 9.41. The molecule has 0 aliphatic rings. The van der Waals surface area contributed by atoms with Gasteiger partial charge in [-0.15, -0.1) is 11.8 Å². The van der Waals surface area contributed by atoms with Crippen LogP contribution >= 0.6 is 11.8 Å². The van der Waals surface area contributed by atoms with Gasteiger partial charge in [-0.25, -0.2) is 0 Å². The Kier molecular flexibility index (Phi) is 3.06. The van der Waals surface area contributed by atoms with Crippen LogP contribution in [0.1, 0.15) is 0 Å². The molecule has 0 fully saturated rings. The van der Waals surface area contributed by atoms with E-state index in [9.17, 15) is 10.2 Å². The molecule has 0 saturated heterocycles. The molecule has 3 heteroatoms. The van der Waals surface area contributed by atoms with Crippen LogP contribution in [-0.2, 0) is 0 Å². The zero-order valence-corrected chi connectivity index (χ0v) is 9.66. The lowest BCUT2D eigenvalue weighted by Crippen LogP contribution is -1.81. The van der Waals surface area contributed by atoms with Gasteiger partial charge in [0, 0.05) is 4.90 Å². The summed E-state index contributed by atoms with van der Waals surface area (Å²) < 4.78 is 0. The predicted octanol–water partition coefficient (Wildman–Crippen LogP) is 3.49. The van der Waals surface area contributed by atoms with Crippen molar-refractivity contribution in [1.82, 2.24) is 0 Å². The van der Waals surface area contributed by atoms with E-state index in [1.807, 2.05) is 24.5 Å².